The quantitative estimate of drug-likeness (QED) is 0.189. The number of carbonyl (C=O) groups is 1. The summed E-state index contributed by atoms with van der Waals surface area (Å²) in [5.41, 5.74) is 6.60. The summed E-state index contributed by atoms with van der Waals surface area (Å²) in [6.07, 6.45) is 3.09. The van der Waals surface area contributed by atoms with Crippen molar-refractivity contribution in [1.82, 2.24) is 13.3 Å². The highest BCUT2D eigenvalue weighted by Crippen LogP contribution is 2.27. The highest BCUT2D eigenvalue weighted by Gasteiger charge is 2.19. The van der Waals surface area contributed by atoms with Crippen LogP contribution in [0, 0.1) is 0 Å². The van der Waals surface area contributed by atoms with E-state index in [9.17, 15) is 21.6 Å². The Kier molecular flexibility index (Phi) is 10.3. The van der Waals surface area contributed by atoms with Gasteiger partial charge in [0.1, 0.15) is 24.7 Å². The second-order valence-corrected chi connectivity index (χ2v) is 13.9. The summed E-state index contributed by atoms with van der Waals surface area (Å²) < 4.78 is 64.5. The number of rotatable bonds is 11. The van der Waals surface area contributed by atoms with E-state index < -0.39 is 20.0 Å². The van der Waals surface area contributed by atoms with Gasteiger partial charge in [-0.3, -0.25) is 4.79 Å². The molecular formula is C34H34N4O7S2. The molecule has 244 valence electrons. The molecule has 6 rings (SSSR count). The molecule has 0 aliphatic heterocycles. The van der Waals surface area contributed by atoms with Crippen LogP contribution in [-0.4, -0.2) is 57.0 Å². The highest BCUT2D eigenvalue weighted by molar-refractivity contribution is 7.90. The highest BCUT2D eigenvalue weighted by atomic mass is 32.2. The summed E-state index contributed by atoms with van der Waals surface area (Å²) in [6, 6.07) is 30.7. The number of amides is 1. The van der Waals surface area contributed by atoms with Crippen molar-refractivity contribution in [3.05, 3.63) is 122 Å². The van der Waals surface area contributed by atoms with Crippen molar-refractivity contribution in [2.75, 3.05) is 26.3 Å². The van der Waals surface area contributed by atoms with Gasteiger partial charge in [-0.15, -0.1) is 0 Å². The molecule has 0 saturated carbocycles. The van der Waals surface area contributed by atoms with Gasteiger partial charge in [-0.05, 0) is 72.8 Å². The Bertz CT molecular complexity index is 2200. The second kappa shape index (κ2) is 14.5. The number of hydrogen-bond donors (Lipinski definition) is 2. The molecule has 6 aromatic rings. The summed E-state index contributed by atoms with van der Waals surface area (Å²) in [7, 11) is -7.23. The molecule has 47 heavy (non-hydrogen) atoms. The third-order valence-corrected chi connectivity index (χ3v) is 10.4. The Morgan fingerprint density at radius 3 is 1.53 bits per heavy atom. The van der Waals surface area contributed by atoms with Crippen molar-refractivity contribution in [3.63, 3.8) is 0 Å². The summed E-state index contributed by atoms with van der Waals surface area (Å²) in [5, 5.41) is 4.21. The van der Waals surface area contributed by atoms with Crippen molar-refractivity contribution in [2.24, 2.45) is 5.73 Å². The fraction of sp³-hybridized carbons (Fsp3) is 0.147. The lowest BCUT2D eigenvalue weighted by Gasteiger charge is -2.09. The number of hydrogen-bond acceptors (Lipinski definition) is 8. The SMILES string of the molecule is CC(=O)NCCOc1ccc2c(ccn2S(=O)(=O)c2ccccc2)c1.NCCOc1ccc2c(ccn2S(=O)(=O)c2ccccc2)c1. The maximum Gasteiger partial charge on any atom is 0.268 e. The lowest BCUT2D eigenvalue weighted by atomic mass is 10.2. The van der Waals surface area contributed by atoms with E-state index in [2.05, 4.69) is 5.32 Å². The van der Waals surface area contributed by atoms with Crippen molar-refractivity contribution in [3.8, 4) is 11.5 Å². The van der Waals surface area contributed by atoms with Gasteiger partial charge in [0.05, 0.1) is 27.4 Å². The van der Waals surface area contributed by atoms with Crippen LogP contribution in [0.3, 0.4) is 0 Å². The van der Waals surface area contributed by atoms with Crippen LogP contribution >= 0.6 is 0 Å². The summed E-state index contributed by atoms with van der Waals surface area (Å²) >= 11 is 0. The Hall–Kier alpha value is -5.11. The molecule has 0 atom stereocenters. The fourth-order valence-corrected chi connectivity index (χ4v) is 7.52. The van der Waals surface area contributed by atoms with E-state index in [4.69, 9.17) is 15.2 Å². The lowest BCUT2D eigenvalue weighted by molar-refractivity contribution is -0.119. The number of aromatic nitrogens is 2. The number of benzene rings is 4. The minimum Gasteiger partial charge on any atom is -0.492 e. The van der Waals surface area contributed by atoms with E-state index in [0.29, 0.717) is 48.8 Å². The number of nitrogens with two attached hydrogens (primary N) is 1. The Morgan fingerprint density at radius 2 is 1.11 bits per heavy atom. The van der Waals surface area contributed by atoms with Gasteiger partial charge in [0.2, 0.25) is 5.91 Å². The molecule has 0 unspecified atom stereocenters. The Morgan fingerprint density at radius 1 is 0.660 bits per heavy atom. The fourth-order valence-electron chi connectivity index (χ4n) is 4.77. The molecule has 0 radical (unpaired) electrons. The molecular weight excluding hydrogens is 641 g/mol. The topological polar surface area (TPSA) is 152 Å². The number of nitrogens with one attached hydrogen (secondary N) is 1. The first-order valence-corrected chi connectivity index (χ1v) is 17.5. The van der Waals surface area contributed by atoms with Crippen LogP contribution in [0.25, 0.3) is 21.8 Å². The number of fused-ring (bicyclic) bond motifs is 2. The number of carbonyl (C=O) groups excluding carboxylic acids is 1. The molecule has 0 bridgehead atoms. The van der Waals surface area contributed by atoms with E-state index in [-0.39, 0.29) is 15.7 Å². The van der Waals surface area contributed by atoms with Crippen LogP contribution in [-0.2, 0) is 24.8 Å². The first kappa shape index (κ1) is 33.3. The van der Waals surface area contributed by atoms with Gasteiger partial charge in [0.15, 0.2) is 0 Å². The monoisotopic (exact) mass is 674 g/mol. The van der Waals surface area contributed by atoms with Gasteiger partial charge in [0.25, 0.3) is 20.0 Å². The van der Waals surface area contributed by atoms with E-state index >= 15 is 0 Å². The molecule has 2 heterocycles. The normalized spacial score (nSPS) is 11.5. The largest absolute Gasteiger partial charge is 0.492 e. The average Bonchev–Trinajstić information content (AvgIpc) is 3.72. The van der Waals surface area contributed by atoms with Crippen molar-refractivity contribution in [2.45, 2.75) is 16.7 Å². The molecule has 4 aromatic carbocycles. The van der Waals surface area contributed by atoms with Crippen molar-refractivity contribution in [1.29, 1.82) is 0 Å². The minimum atomic E-state index is -3.64. The van der Waals surface area contributed by atoms with Crippen LogP contribution in [0.2, 0.25) is 0 Å². The summed E-state index contributed by atoms with van der Waals surface area (Å²) in [6.45, 7) is 3.06. The molecule has 1 amide bonds. The van der Waals surface area contributed by atoms with E-state index in [1.807, 2.05) is 6.07 Å². The van der Waals surface area contributed by atoms with Crippen LogP contribution < -0.4 is 20.5 Å². The molecule has 0 spiro atoms. The smallest absolute Gasteiger partial charge is 0.268 e. The van der Waals surface area contributed by atoms with Gasteiger partial charge in [0, 0.05) is 36.6 Å². The Balaban J connectivity index is 0.000000186. The first-order chi connectivity index (χ1) is 22.6. The van der Waals surface area contributed by atoms with Crippen LogP contribution in [0.4, 0.5) is 0 Å². The summed E-state index contributed by atoms with van der Waals surface area (Å²) in [5.74, 6) is 1.18. The van der Waals surface area contributed by atoms with E-state index in [1.165, 1.54) is 21.1 Å². The van der Waals surface area contributed by atoms with Gasteiger partial charge in [-0.2, -0.15) is 0 Å². The Labute approximate surface area is 273 Å². The van der Waals surface area contributed by atoms with Crippen molar-refractivity contribution < 1.29 is 31.1 Å². The molecule has 3 N–H and O–H groups in total. The second-order valence-electron chi connectivity index (χ2n) is 10.3. The molecule has 11 nitrogen and oxygen atoms in total. The molecule has 0 fully saturated rings. The number of nitrogens with zero attached hydrogens (tertiary/aromatic N) is 2. The molecule has 0 aliphatic rings. The zero-order valence-electron chi connectivity index (χ0n) is 25.5. The van der Waals surface area contributed by atoms with Crippen LogP contribution in [0.1, 0.15) is 6.92 Å². The predicted octanol–water partition coefficient (Wildman–Crippen LogP) is 4.61. The molecule has 0 aliphatic carbocycles. The lowest BCUT2D eigenvalue weighted by Crippen LogP contribution is -2.25. The predicted molar refractivity (Wildman–Crippen MR) is 181 cm³/mol. The van der Waals surface area contributed by atoms with E-state index in [1.54, 1.807) is 109 Å². The maximum atomic E-state index is 12.8. The first-order valence-electron chi connectivity index (χ1n) is 14.6. The van der Waals surface area contributed by atoms with Crippen molar-refractivity contribution >= 4 is 47.8 Å². The van der Waals surface area contributed by atoms with Gasteiger partial charge >= 0.3 is 0 Å². The molecule has 13 heteroatoms. The molecule has 2 aromatic heterocycles. The zero-order valence-corrected chi connectivity index (χ0v) is 27.2. The third kappa shape index (κ3) is 7.65. The minimum absolute atomic E-state index is 0.109. The van der Waals surface area contributed by atoms with Crippen LogP contribution in [0.5, 0.6) is 11.5 Å². The third-order valence-electron chi connectivity index (χ3n) is 6.98. The van der Waals surface area contributed by atoms with Gasteiger partial charge in [-0.25, -0.2) is 24.8 Å². The standard InChI is InChI=1S/C18H18N2O4S.C16H16N2O3S/c1-14(21)19-10-12-24-16-7-8-18-15(13-16)9-11-20(18)25(22,23)17-5-3-2-4-6-17;17-9-11-21-14-6-7-16-13(12-14)8-10-18(16)22(19,20)15-4-2-1-3-5-15/h2-9,11,13H,10,12H2,1H3,(H,19,21);1-8,10,12H,9,11,17H2. The maximum absolute atomic E-state index is 12.8. The van der Waals surface area contributed by atoms with E-state index in [0.717, 1.165) is 10.8 Å². The molecule has 0 saturated heterocycles. The summed E-state index contributed by atoms with van der Waals surface area (Å²) in [4.78, 5) is 11.3. The zero-order chi connectivity index (χ0) is 33.4. The van der Waals surface area contributed by atoms with Gasteiger partial charge < -0.3 is 20.5 Å². The van der Waals surface area contributed by atoms with Gasteiger partial charge in [-0.1, -0.05) is 36.4 Å². The average molecular weight is 675 g/mol. The van der Waals surface area contributed by atoms with Crippen LogP contribution in [0.15, 0.2) is 131 Å². The number of ether oxygens (including phenoxy) is 2.